The molecular formula is C40H71N11O15. The minimum Gasteiger partial charge on any atom is -0.481 e. The maximum atomic E-state index is 13.8. The molecule has 0 aliphatic rings. The molecule has 8 atom stereocenters. The van der Waals surface area contributed by atoms with E-state index < -0.39 is 158 Å². The van der Waals surface area contributed by atoms with E-state index in [1.807, 2.05) is 0 Å². The standard InChI is InChI=1S/C40H71N11O15/c1-20(2)31(50-33(58)22(43)11-14-28(44)53)38(63)47-25(13-16-30(56)57)36(61)51-32(21(3)4)39(64)46-23(9-5-7-17-41)34(59)49-27(19-52)37(62)45-24(12-15-29(54)55)35(60)48-26(40(65)66)10-6-8-18-42/h20-27,31-32,52H,5-19,41-43H2,1-4H3,(H2,44,53)(H,45,62)(H,46,64)(H,47,63)(H,48,60)(H,49,59)(H,50,58)(H,51,61)(H,54,55)(H,56,57)(H,65,66)/t22-,23-,24-,25-,26-,27-,31-,32-/m0/s1. The molecule has 19 N–H and O–H groups in total. The lowest BCUT2D eigenvalue weighted by atomic mass is 9.99. The van der Waals surface area contributed by atoms with Gasteiger partial charge in [-0.3, -0.25) is 47.9 Å². The van der Waals surface area contributed by atoms with Crippen LogP contribution in [0.25, 0.3) is 0 Å². The fourth-order valence-corrected chi connectivity index (χ4v) is 6.13. The lowest BCUT2D eigenvalue weighted by Crippen LogP contribution is -2.61. The first-order valence-corrected chi connectivity index (χ1v) is 21.7. The van der Waals surface area contributed by atoms with Crippen LogP contribution in [-0.2, 0) is 52.7 Å². The van der Waals surface area contributed by atoms with Gasteiger partial charge in [-0.2, -0.15) is 0 Å². The zero-order valence-corrected chi connectivity index (χ0v) is 38.0. The van der Waals surface area contributed by atoms with Gasteiger partial charge in [0.05, 0.1) is 12.6 Å². The maximum Gasteiger partial charge on any atom is 0.326 e. The Labute approximate surface area is 382 Å². The highest BCUT2D eigenvalue weighted by Crippen LogP contribution is 2.11. The molecule has 26 nitrogen and oxygen atoms in total. The van der Waals surface area contributed by atoms with Crippen molar-refractivity contribution in [1.82, 2.24) is 37.2 Å². The molecule has 376 valence electrons. The van der Waals surface area contributed by atoms with Gasteiger partial charge in [-0.05, 0) is 82.7 Å². The third kappa shape index (κ3) is 23.8. The first kappa shape index (κ1) is 60.0. The smallest absolute Gasteiger partial charge is 0.326 e. The van der Waals surface area contributed by atoms with Crippen molar-refractivity contribution in [2.45, 2.75) is 153 Å². The second-order valence-electron chi connectivity index (χ2n) is 16.3. The van der Waals surface area contributed by atoms with Crippen molar-refractivity contribution in [3.63, 3.8) is 0 Å². The summed E-state index contributed by atoms with van der Waals surface area (Å²) in [5, 5.41) is 55.0. The van der Waals surface area contributed by atoms with Crippen molar-refractivity contribution < 1.29 is 73.2 Å². The van der Waals surface area contributed by atoms with Crippen molar-refractivity contribution in [1.29, 1.82) is 0 Å². The minimum absolute atomic E-state index is 0.0219. The number of carbonyl (C=O) groups is 11. The molecule has 0 saturated carbocycles. The summed E-state index contributed by atoms with van der Waals surface area (Å²) in [4.78, 5) is 140. The summed E-state index contributed by atoms with van der Waals surface area (Å²) in [5.41, 5.74) is 22.1. The van der Waals surface area contributed by atoms with Crippen molar-refractivity contribution in [3.8, 4) is 0 Å². The van der Waals surface area contributed by atoms with E-state index in [2.05, 4.69) is 37.2 Å². The topological polar surface area (TPSA) is 457 Å². The second kappa shape index (κ2) is 31.8. The second-order valence-corrected chi connectivity index (χ2v) is 16.3. The number of unbranched alkanes of at least 4 members (excludes halogenated alkanes) is 2. The van der Waals surface area contributed by atoms with Gasteiger partial charge in [-0.1, -0.05) is 27.7 Å². The van der Waals surface area contributed by atoms with Gasteiger partial charge in [0, 0.05) is 19.3 Å². The van der Waals surface area contributed by atoms with Crippen molar-refractivity contribution in [3.05, 3.63) is 0 Å². The molecule has 0 saturated heterocycles. The summed E-state index contributed by atoms with van der Waals surface area (Å²) < 4.78 is 0. The Morgan fingerprint density at radius 3 is 1.17 bits per heavy atom. The Morgan fingerprint density at radius 1 is 0.439 bits per heavy atom. The summed E-state index contributed by atoms with van der Waals surface area (Å²) in [6.45, 7) is 5.62. The van der Waals surface area contributed by atoms with E-state index in [9.17, 15) is 73.2 Å². The number of aliphatic hydroxyl groups excluding tert-OH is 1. The summed E-state index contributed by atoms with van der Waals surface area (Å²) in [6, 6.07) is -11.7. The first-order chi connectivity index (χ1) is 30.9. The Bertz CT molecular complexity index is 1670. The van der Waals surface area contributed by atoms with Crippen LogP contribution in [0.2, 0.25) is 0 Å². The Morgan fingerprint density at radius 2 is 0.788 bits per heavy atom. The molecule has 0 radical (unpaired) electrons. The highest BCUT2D eigenvalue weighted by atomic mass is 16.4. The number of carboxylic acid groups (broad SMARTS) is 3. The number of nitrogens with two attached hydrogens (primary N) is 4. The highest BCUT2D eigenvalue weighted by Gasteiger charge is 2.36. The summed E-state index contributed by atoms with van der Waals surface area (Å²) >= 11 is 0. The van der Waals surface area contributed by atoms with E-state index in [0.29, 0.717) is 19.3 Å². The van der Waals surface area contributed by atoms with E-state index in [1.165, 1.54) is 13.8 Å². The number of amides is 8. The predicted octanol–water partition coefficient (Wildman–Crippen LogP) is -4.65. The minimum atomic E-state index is -1.78. The van der Waals surface area contributed by atoms with Crippen LogP contribution < -0.4 is 60.2 Å². The molecule has 0 heterocycles. The molecule has 0 aliphatic carbocycles. The number of primary amides is 1. The number of hydrogen-bond donors (Lipinski definition) is 15. The van der Waals surface area contributed by atoms with Crippen molar-refractivity contribution >= 4 is 65.2 Å². The normalized spacial score (nSPS) is 14.8. The quantitative estimate of drug-likeness (QED) is 0.0266. The SMILES string of the molecule is CC(C)[C@H](NC(=O)[C@H](CCC(=O)O)NC(=O)[C@@H](NC(=O)[C@@H](N)CCC(N)=O)C(C)C)C(=O)N[C@@H](CCCCN)C(=O)N[C@@H](CO)C(=O)N[C@@H](CCC(=O)O)C(=O)N[C@@H](CCCCN)C(=O)O. The molecule has 0 fully saturated rings. The Kier molecular flexibility index (Phi) is 28.9. The molecule has 8 amide bonds. The molecule has 0 aliphatic heterocycles. The van der Waals surface area contributed by atoms with E-state index in [-0.39, 0.29) is 45.2 Å². The number of hydrogen-bond acceptors (Lipinski definition) is 15. The molecule has 0 rings (SSSR count). The zero-order valence-electron chi connectivity index (χ0n) is 38.0. The Hall–Kier alpha value is -5.99. The number of nitrogens with one attached hydrogen (secondary N) is 7. The molecule has 66 heavy (non-hydrogen) atoms. The third-order valence-electron chi connectivity index (χ3n) is 10.0. The van der Waals surface area contributed by atoms with E-state index >= 15 is 0 Å². The first-order valence-electron chi connectivity index (χ1n) is 21.7. The van der Waals surface area contributed by atoms with Gasteiger partial charge in [0.15, 0.2) is 0 Å². The van der Waals surface area contributed by atoms with Gasteiger partial charge in [0.25, 0.3) is 0 Å². The average molecular weight is 946 g/mol. The molecule has 26 heteroatoms. The number of aliphatic carboxylic acids is 3. The molecule has 0 aromatic rings. The molecule has 0 bridgehead atoms. The zero-order chi connectivity index (χ0) is 50.7. The summed E-state index contributed by atoms with van der Waals surface area (Å²) in [5.74, 6) is -12.9. The van der Waals surface area contributed by atoms with Crippen LogP contribution in [0, 0.1) is 11.8 Å². The average Bonchev–Trinajstić information content (AvgIpc) is 3.23. The van der Waals surface area contributed by atoms with E-state index in [0.717, 1.165) is 0 Å². The largest absolute Gasteiger partial charge is 0.481 e. The molecule has 0 aromatic carbocycles. The van der Waals surface area contributed by atoms with Crippen LogP contribution in [0.1, 0.15) is 105 Å². The lowest BCUT2D eigenvalue weighted by molar-refractivity contribution is -0.143. The lowest BCUT2D eigenvalue weighted by Gasteiger charge is -2.29. The van der Waals surface area contributed by atoms with Gasteiger partial charge in [0.1, 0.15) is 42.3 Å². The van der Waals surface area contributed by atoms with E-state index in [1.54, 1.807) is 13.8 Å². The van der Waals surface area contributed by atoms with Gasteiger partial charge in [-0.15, -0.1) is 0 Å². The number of carbonyl (C=O) groups excluding carboxylic acids is 8. The van der Waals surface area contributed by atoms with Gasteiger partial charge < -0.3 is 80.6 Å². The monoisotopic (exact) mass is 946 g/mol. The highest BCUT2D eigenvalue weighted by molar-refractivity contribution is 5.98. The van der Waals surface area contributed by atoms with Crippen LogP contribution in [0.4, 0.5) is 0 Å². The Balaban J connectivity index is 6.36. The van der Waals surface area contributed by atoms with Crippen LogP contribution >= 0.6 is 0 Å². The van der Waals surface area contributed by atoms with Gasteiger partial charge in [0.2, 0.25) is 47.3 Å². The fraction of sp³-hybridized carbons (Fsp3) is 0.725. The third-order valence-corrected chi connectivity index (χ3v) is 10.0. The molecule has 0 spiro atoms. The van der Waals surface area contributed by atoms with Gasteiger partial charge in [-0.25, -0.2) is 4.79 Å². The van der Waals surface area contributed by atoms with Crippen LogP contribution in [0.5, 0.6) is 0 Å². The number of rotatable bonds is 35. The molecule has 0 unspecified atom stereocenters. The number of aliphatic hydroxyl groups is 1. The number of carboxylic acids is 3. The fourth-order valence-electron chi connectivity index (χ4n) is 6.13. The molecular weight excluding hydrogens is 875 g/mol. The van der Waals surface area contributed by atoms with E-state index in [4.69, 9.17) is 22.9 Å². The van der Waals surface area contributed by atoms with Crippen LogP contribution in [0.3, 0.4) is 0 Å². The van der Waals surface area contributed by atoms with Crippen LogP contribution in [0.15, 0.2) is 0 Å². The summed E-state index contributed by atoms with van der Waals surface area (Å²) in [6.07, 6.45) is -1.22. The summed E-state index contributed by atoms with van der Waals surface area (Å²) in [7, 11) is 0. The maximum absolute atomic E-state index is 13.8. The van der Waals surface area contributed by atoms with Crippen molar-refractivity contribution in [2.24, 2.45) is 34.8 Å². The predicted molar refractivity (Wildman–Crippen MR) is 234 cm³/mol. The molecule has 0 aromatic heterocycles. The van der Waals surface area contributed by atoms with Crippen molar-refractivity contribution in [2.75, 3.05) is 19.7 Å². The van der Waals surface area contributed by atoms with Gasteiger partial charge >= 0.3 is 17.9 Å². The van der Waals surface area contributed by atoms with Crippen LogP contribution in [-0.4, -0.2) is 154 Å².